The van der Waals surface area contributed by atoms with Crippen LogP contribution in [0, 0.1) is 0 Å². The SMILES string of the molecule is CC/C=C\C/C=C\C/C=C\CCCCCCCC(=O)NC(COC1OC(CO)C(OC2OC(CO)C(OC3OC(CO)C(O)C(O)C3O)C(O)C2O)C(O)C1O)C(O)/C=C/CC/C=C/CCCCCCC. The fraction of sp³-hybridized carbons (Fsp3) is 0.788. The van der Waals surface area contributed by atoms with Crippen molar-refractivity contribution in [3.63, 3.8) is 0 Å². The van der Waals surface area contributed by atoms with Crippen molar-refractivity contribution >= 4 is 5.91 Å². The molecule has 0 spiro atoms. The van der Waals surface area contributed by atoms with Crippen molar-refractivity contribution in [2.45, 2.75) is 234 Å². The van der Waals surface area contributed by atoms with Crippen LogP contribution in [0.4, 0.5) is 0 Å². The maximum atomic E-state index is 13.2. The number of rotatable bonds is 35. The number of ether oxygens (including phenoxy) is 6. The summed E-state index contributed by atoms with van der Waals surface area (Å²) in [5.74, 6) is -0.309. The van der Waals surface area contributed by atoms with E-state index in [1.807, 2.05) is 6.08 Å². The second kappa shape index (κ2) is 36.4. The van der Waals surface area contributed by atoms with Crippen molar-refractivity contribution in [2.75, 3.05) is 26.4 Å². The van der Waals surface area contributed by atoms with Crippen molar-refractivity contribution < 1.29 is 89.4 Å². The summed E-state index contributed by atoms with van der Waals surface area (Å²) in [6.45, 7) is 1.49. The second-order valence-corrected chi connectivity index (χ2v) is 18.6. The zero-order valence-electron chi connectivity index (χ0n) is 41.9. The van der Waals surface area contributed by atoms with Gasteiger partial charge >= 0.3 is 0 Å². The van der Waals surface area contributed by atoms with Gasteiger partial charge in [-0.25, -0.2) is 0 Å². The number of carbonyl (C=O) groups excluding carboxylic acids is 1. The molecule has 3 heterocycles. The molecule has 71 heavy (non-hydrogen) atoms. The number of hydrogen-bond acceptors (Lipinski definition) is 18. The van der Waals surface area contributed by atoms with Gasteiger partial charge in [-0.2, -0.15) is 0 Å². The predicted octanol–water partition coefficient (Wildman–Crippen LogP) is 2.14. The van der Waals surface area contributed by atoms with E-state index in [9.17, 15) is 61.0 Å². The third-order valence-electron chi connectivity index (χ3n) is 12.8. The number of hydrogen-bond donors (Lipinski definition) is 12. The fourth-order valence-corrected chi connectivity index (χ4v) is 8.45. The Bertz CT molecular complexity index is 1540. The van der Waals surface area contributed by atoms with Crippen molar-refractivity contribution in [3.8, 4) is 0 Å². The quantitative estimate of drug-likeness (QED) is 0.0320. The monoisotopic (exact) mass is 1020 g/mol. The molecule has 19 nitrogen and oxygen atoms in total. The molecule has 12 N–H and O–H groups in total. The fourth-order valence-electron chi connectivity index (χ4n) is 8.45. The Balaban J connectivity index is 1.57. The van der Waals surface area contributed by atoms with E-state index in [4.69, 9.17) is 28.4 Å². The minimum atomic E-state index is -1.98. The van der Waals surface area contributed by atoms with Crippen LogP contribution in [0.2, 0.25) is 0 Å². The molecule has 0 aliphatic carbocycles. The molecule has 17 unspecified atom stereocenters. The molecule has 19 heteroatoms. The molecule has 3 aliphatic heterocycles. The lowest BCUT2D eigenvalue weighted by Gasteiger charge is -2.48. The van der Waals surface area contributed by atoms with Crippen LogP contribution in [0.1, 0.15) is 129 Å². The molecule has 3 rings (SSSR count). The lowest BCUT2D eigenvalue weighted by molar-refractivity contribution is -0.379. The van der Waals surface area contributed by atoms with Crippen LogP contribution in [0.3, 0.4) is 0 Å². The molecule has 17 atom stereocenters. The Kier molecular flexibility index (Phi) is 32.2. The molecular weight excluding hydrogens is 927 g/mol. The number of amides is 1. The number of carbonyl (C=O) groups is 1. The van der Waals surface area contributed by atoms with Gasteiger partial charge in [0, 0.05) is 6.42 Å². The third-order valence-corrected chi connectivity index (χ3v) is 12.8. The van der Waals surface area contributed by atoms with Gasteiger partial charge in [-0.05, 0) is 64.2 Å². The Morgan fingerprint density at radius 2 is 0.986 bits per heavy atom. The first-order chi connectivity index (χ1) is 34.3. The normalized spacial score (nSPS) is 32.8. The highest BCUT2D eigenvalue weighted by molar-refractivity contribution is 5.76. The summed E-state index contributed by atoms with van der Waals surface area (Å²) in [6, 6.07) is -0.998. The van der Waals surface area contributed by atoms with Gasteiger partial charge in [-0.1, -0.05) is 120 Å². The maximum absolute atomic E-state index is 13.2. The zero-order chi connectivity index (χ0) is 52.0. The van der Waals surface area contributed by atoms with Gasteiger partial charge in [0.2, 0.25) is 5.91 Å². The van der Waals surface area contributed by atoms with Gasteiger partial charge < -0.3 is 89.9 Å². The molecule has 0 aromatic heterocycles. The van der Waals surface area contributed by atoms with Crippen LogP contribution in [-0.2, 0) is 33.2 Å². The highest BCUT2D eigenvalue weighted by Crippen LogP contribution is 2.33. The number of aliphatic hydroxyl groups excluding tert-OH is 11. The van der Waals surface area contributed by atoms with Crippen LogP contribution in [0.5, 0.6) is 0 Å². The number of nitrogens with one attached hydrogen (secondary N) is 1. The summed E-state index contributed by atoms with van der Waals surface area (Å²) in [5.41, 5.74) is 0. The van der Waals surface area contributed by atoms with E-state index in [1.54, 1.807) is 6.08 Å². The van der Waals surface area contributed by atoms with E-state index in [-0.39, 0.29) is 18.9 Å². The molecule has 3 aliphatic rings. The van der Waals surface area contributed by atoms with E-state index < -0.39 is 124 Å². The third kappa shape index (κ3) is 22.1. The molecule has 3 saturated heterocycles. The van der Waals surface area contributed by atoms with Crippen molar-refractivity contribution in [1.29, 1.82) is 0 Å². The van der Waals surface area contributed by atoms with Crippen LogP contribution < -0.4 is 5.32 Å². The summed E-state index contributed by atoms with van der Waals surface area (Å²) >= 11 is 0. The topological polar surface area (TPSA) is 307 Å². The lowest BCUT2D eigenvalue weighted by Crippen LogP contribution is -2.66. The van der Waals surface area contributed by atoms with E-state index in [2.05, 4.69) is 67.8 Å². The van der Waals surface area contributed by atoms with Gasteiger partial charge in [0.15, 0.2) is 18.9 Å². The molecule has 410 valence electrons. The molecule has 1 amide bonds. The molecule has 0 bridgehead atoms. The first-order valence-electron chi connectivity index (χ1n) is 26.0. The highest BCUT2D eigenvalue weighted by atomic mass is 16.8. The first-order valence-corrected chi connectivity index (χ1v) is 26.0. The average Bonchev–Trinajstić information content (AvgIpc) is 3.36. The molecule has 0 aromatic carbocycles. The van der Waals surface area contributed by atoms with Crippen molar-refractivity contribution in [2.24, 2.45) is 0 Å². The minimum Gasteiger partial charge on any atom is -0.394 e. The van der Waals surface area contributed by atoms with E-state index in [0.29, 0.717) is 12.8 Å². The van der Waals surface area contributed by atoms with Gasteiger partial charge in [0.1, 0.15) is 73.2 Å². The number of aliphatic hydroxyl groups is 11. The van der Waals surface area contributed by atoms with Gasteiger partial charge in [-0.3, -0.25) is 4.79 Å². The molecule has 3 fully saturated rings. The maximum Gasteiger partial charge on any atom is 0.220 e. The van der Waals surface area contributed by atoms with Crippen molar-refractivity contribution in [1.82, 2.24) is 5.32 Å². The molecule has 0 saturated carbocycles. The summed E-state index contributed by atoms with van der Waals surface area (Å²) < 4.78 is 34.1. The summed E-state index contributed by atoms with van der Waals surface area (Å²) in [7, 11) is 0. The predicted molar refractivity (Wildman–Crippen MR) is 263 cm³/mol. The first kappa shape index (κ1) is 62.8. The van der Waals surface area contributed by atoms with Crippen LogP contribution in [0.15, 0.2) is 60.8 Å². The van der Waals surface area contributed by atoms with Crippen LogP contribution in [-0.4, -0.2) is 193 Å². The molecule has 0 aromatic rings. The highest BCUT2D eigenvalue weighted by Gasteiger charge is 2.53. The van der Waals surface area contributed by atoms with E-state index >= 15 is 0 Å². The molecule has 0 radical (unpaired) electrons. The smallest absolute Gasteiger partial charge is 0.220 e. The standard InChI is InChI=1S/C52H89NO18/c1-3-5-7-9-11-13-15-16-17-18-20-22-24-26-28-30-40(58)53-35(36(57)29-27-25-23-21-19-14-12-10-8-6-4-2)34-66-50-46(64)43(61)48(38(32-55)68-50)71-52-47(65)44(62)49(39(33-56)69-52)70-51-45(63)42(60)41(59)37(31-54)67-51/h5,7,11,13,16-17,19,21,27,29,35-39,41-52,54-57,59-65H,3-4,6,8-10,12,14-15,18,20,22-26,28,30-34H2,1-2H3,(H,53,58)/b7-5-,13-11-,17-16-,21-19+,29-27+. The van der Waals surface area contributed by atoms with Crippen molar-refractivity contribution in [3.05, 3.63) is 60.8 Å². The van der Waals surface area contributed by atoms with Gasteiger partial charge in [-0.15, -0.1) is 0 Å². The van der Waals surface area contributed by atoms with E-state index in [1.165, 1.54) is 25.7 Å². The molecular formula is C52H89NO18. The zero-order valence-corrected chi connectivity index (χ0v) is 41.9. The Morgan fingerprint density at radius 3 is 1.58 bits per heavy atom. The summed E-state index contributed by atoms with van der Waals surface area (Å²) in [5, 5.41) is 120. The number of unbranched alkanes of at least 4 members (excludes halogenated alkanes) is 11. The number of allylic oxidation sites excluding steroid dienone is 9. The minimum absolute atomic E-state index is 0.213. The average molecular weight is 1020 g/mol. The Morgan fingerprint density at radius 1 is 0.521 bits per heavy atom. The van der Waals surface area contributed by atoms with Crippen LogP contribution >= 0.6 is 0 Å². The van der Waals surface area contributed by atoms with Gasteiger partial charge in [0.05, 0.1) is 38.6 Å². The summed E-state index contributed by atoms with van der Waals surface area (Å²) in [4.78, 5) is 13.2. The second-order valence-electron chi connectivity index (χ2n) is 18.6. The van der Waals surface area contributed by atoms with Crippen LogP contribution in [0.25, 0.3) is 0 Å². The Hall–Kier alpha value is -2.51. The summed E-state index contributed by atoms with van der Waals surface area (Å²) in [6.07, 6.45) is 10.9. The lowest BCUT2D eigenvalue weighted by atomic mass is 9.96. The van der Waals surface area contributed by atoms with Gasteiger partial charge in [0.25, 0.3) is 0 Å². The van der Waals surface area contributed by atoms with E-state index in [0.717, 1.165) is 70.6 Å². The Labute approximate surface area is 420 Å². The largest absolute Gasteiger partial charge is 0.394 e.